The van der Waals surface area contributed by atoms with E-state index in [1.165, 1.54) is 0 Å². The van der Waals surface area contributed by atoms with Gasteiger partial charge in [-0.25, -0.2) is 4.98 Å². The zero-order valence-electron chi connectivity index (χ0n) is 11.2. The Labute approximate surface area is 117 Å². The van der Waals surface area contributed by atoms with Gasteiger partial charge in [-0.3, -0.25) is 4.98 Å². The zero-order chi connectivity index (χ0) is 13.8. The Balaban J connectivity index is 1.83. The largest absolute Gasteiger partial charge is 0.437 e. The van der Waals surface area contributed by atoms with Gasteiger partial charge in [-0.2, -0.15) is 0 Å². The van der Waals surface area contributed by atoms with E-state index in [0.717, 1.165) is 25.1 Å². The second-order valence-corrected chi connectivity index (χ2v) is 4.83. The van der Waals surface area contributed by atoms with Crippen molar-refractivity contribution in [2.75, 3.05) is 18.9 Å². The van der Waals surface area contributed by atoms with E-state index in [4.69, 9.17) is 15.2 Å². The van der Waals surface area contributed by atoms with Gasteiger partial charge >= 0.3 is 0 Å². The number of hydrogen-bond donors (Lipinski definition) is 1. The summed E-state index contributed by atoms with van der Waals surface area (Å²) in [6.07, 6.45) is 5.43. The van der Waals surface area contributed by atoms with Crippen LogP contribution in [0.4, 0.5) is 5.69 Å². The van der Waals surface area contributed by atoms with Gasteiger partial charge in [0.05, 0.1) is 6.61 Å². The summed E-state index contributed by atoms with van der Waals surface area (Å²) in [7, 11) is 0. The van der Waals surface area contributed by atoms with Crippen LogP contribution < -0.4 is 10.5 Å². The molecule has 1 atom stereocenters. The number of anilines is 1. The average molecular weight is 271 g/mol. The molecule has 1 aliphatic heterocycles. The van der Waals surface area contributed by atoms with E-state index in [1.807, 2.05) is 12.1 Å². The third-order valence-corrected chi connectivity index (χ3v) is 3.33. The van der Waals surface area contributed by atoms with Gasteiger partial charge in [0.25, 0.3) is 0 Å². The lowest BCUT2D eigenvalue weighted by Gasteiger charge is -2.22. The van der Waals surface area contributed by atoms with Crippen molar-refractivity contribution in [1.29, 1.82) is 0 Å². The lowest BCUT2D eigenvalue weighted by molar-refractivity contribution is 0.0784. The fourth-order valence-corrected chi connectivity index (χ4v) is 2.30. The zero-order valence-corrected chi connectivity index (χ0v) is 11.2. The van der Waals surface area contributed by atoms with Crippen LogP contribution in [-0.2, 0) is 4.74 Å². The Kier molecular flexibility index (Phi) is 3.78. The van der Waals surface area contributed by atoms with Crippen LogP contribution in [0.1, 0.15) is 24.5 Å². The van der Waals surface area contributed by atoms with E-state index in [0.29, 0.717) is 23.9 Å². The standard InChI is InChI=1S/C15H17N3O2/c16-12-3-5-13(6-4-12)20-15-14(17-7-8-18-15)11-2-1-9-19-10-11/h3-8,11H,1-2,9-10,16H2. The molecule has 1 unspecified atom stereocenters. The summed E-state index contributed by atoms with van der Waals surface area (Å²) in [5, 5.41) is 0. The normalized spacial score (nSPS) is 18.7. The first kappa shape index (κ1) is 12.9. The number of nitrogen functional groups attached to an aromatic ring is 1. The van der Waals surface area contributed by atoms with Gasteiger partial charge in [-0.15, -0.1) is 0 Å². The lowest BCUT2D eigenvalue weighted by atomic mass is 9.98. The van der Waals surface area contributed by atoms with Crippen molar-refractivity contribution in [3.63, 3.8) is 0 Å². The molecule has 2 heterocycles. The molecule has 0 amide bonds. The van der Waals surface area contributed by atoms with Gasteiger partial charge in [0.15, 0.2) is 0 Å². The molecule has 5 nitrogen and oxygen atoms in total. The van der Waals surface area contributed by atoms with Crippen molar-refractivity contribution in [3.05, 3.63) is 42.4 Å². The highest BCUT2D eigenvalue weighted by Gasteiger charge is 2.22. The Morgan fingerprint density at radius 2 is 1.95 bits per heavy atom. The molecule has 1 aromatic carbocycles. The molecule has 1 aliphatic rings. The van der Waals surface area contributed by atoms with E-state index < -0.39 is 0 Å². The molecule has 20 heavy (non-hydrogen) atoms. The highest BCUT2D eigenvalue weighted by Crippen LogP contribution is 2.31. The minimum Gasteiger partial charge on any atom is -0.437 e. The molecule has 0 radical (unpaired) electrons. The monoisotopic (exact) mass is 271 g/mol. The predicted molar refractivity (Wildman–Crippen MR) is 75.8 cm³/mol. The molecular formula is C15H17N3O2. The smallest absolute Gasteiger partial charge is 0.241 e. The molecule has 0 bridgehead atoms. The minimum atomic E-state index is 0.251. The quantitative estimate of drug-likeness (QED) is 0.869. The van der Waals surface area contributed by atoms with Crippen LogP contribution in [0.2, 0.25) is 0 Å². The number of aromatic nitrogens is 2. The first-order valence-electron chi connectivity index (χ1n) is 6.75. The Morgan fingerprint density at radius 3 is 2.70 bits per heavy atom. The molecule has 1 fully saturated rings. The molecule has 5 heteroatoms. The van der Waals surface area contributed by atoms with Gasteiger partial charge < -0.3 is 15.2 Å². The topological polar surface area (TPSA) is 70.3 Å². The first-order chi connectivity index (χ1) is 9.83. The van der Waals surface area contributed by atoms with Crippen LogP contribution in [-0.4, -0.2) is 23.2 Å². The maximum Gasteiger partial charge on any atom is 0.241 e. The van der Waals surface area contributed by atoms with Crippen molar-refractivity contribution < 1.29 is 9.47 Å². The van der Waals surface area contributed by atoms with Crippen molar-refractivity contribution in [2.24, 2.45) is 0 Å². The molecular weight excluding hydrogens is 254 g/mol. The van der Waals surface area contributed by atoms with Gasteiger partial charge in [0, 0.05) is 30.6 Å². The third kappa shape index (κ3) is 2.88. The van der Waals surface area contributed by atoms with E-state index in [9.17, 15) is 0 Å². The van der Waals surface area contributed by atoms with E-state index in [1.54, 1.807) is 24.5 Å². The van der Waals surface area contributed by atoms with Crippen molar-refractivity contribution in [2.45, 2.75) is 18.8 Å². The average Bonchev–Trinajstić information content (AvgIpc) is 2.51. The number of benzene rings is 1. The highest BCUT2D eigenvalue weighted by molar-refractivity contribution is 5.42. The fourth-order valence-electron chi connectivity index (χ4n) is 2.30. The maximum atomic E-state index is 5.83. The minimum absolute atomic E-state index is 0.251. The van der Waals surface area contributed by atoms with Gasteiger partial charge in [0.1, 0.15) is 11.4 Å². The van der Waals surface area contributed by atoms with E-state index in [-0.39, 0.29) is 5.92 Å². The summed E-state index contributed by atoms with van der Waals surface area (Å²) in [5.74, 6) is 1.51. The molecule has 0 spiro atoms. The lowest BCUT2D eigenvalue weighted by Crippen LogP contribution is -2.17. The summed E-state index contributed by atoms with van der Waals surface area (Å²) in [6, 6.07) is 7.25. The number of nitrogens with two attached hydrogens (primary N) is 1. The number of ether oxygens (including phenoxy) is 2. The highest BCUT2D eigenvalue weighted by atomic mass is 16.5. The first-order valence-corrected chi connectivity index (χ1v) is 6.75. The fraction of sp³-hybridized carbons (Fsp3) is 0.333. The van der Waals surface area contributed by atoms with Crippen LogP contribution in [0.25, 0.3) is 0 Å². The summed E-state index contributed by atoms with van der Waals surface area (Å²) in [6.45, 7) is 1.50. The van der Waals surface area contributed by atoms with E-state index >= 15 is 0 Å². The molecule has 1 aromatic heterocycles. The van der Waals surface area contributed by atoms with Crippen molar-refractivity contribution in [1.82, 2.24) is 9.97 Å². The summed E-state index contributed by atoms with van der Waals surface area (Å²) in [5.41, 5.74) is 7.24. The number of nitrogens with zero attached hydrogens (tertiary/aromatic N) is 2. The Hall–Kier alpha value is -2.14. The molecule has 104 valence electrons. The SMILES string of the molecule is Nc1ccc(Oc2nccnc2C2CCCOC2)cc1. The molecule has 1 saturated heterocycles. The molecule has 2 N–H and O–H groups in total. The summed E-state index contributed by atoms with van der Waals surface area (Å²) >= 11 is 0. The predicted octanol–water partition coefficient (Wildman–Crippen LogP) is 2.75. The Bertz CT molecular complexity index is 566. The van der Waals surface area contributed by atoms with Gasteiger partial charge in [-0.05, 0) is 37.1 Å². The van der Waals surface area contributed by atoms with Gasteiger partial charge in [-0.1, -0.05) is 0 Å². The third-order valence-electron chi connectivity index (χ3n) is 3.33. The Morgan fingerprint density at radius 1 is 1.15 bits per heavy atom. The van der Waals surface area contributed by atoms with Crippen LogP contribution in [0.5, 0.6) is 11.6 Å². The summed E-state index contributed by atoms with van der Waals surface area (Å²) in [4.78, 5) is 8.72. The maximum absolute atomic E-state index is 5.83. The van der Waals surface area contributed by atoms with Crippen molar-refractivity contribution >= 4 is 5.69 Å². The van der Waals surface area contributed by atoms with Crippen molar-refractivity contribution in [3.8, 4) is 11.6 Å². The van der Waals surface area contributed by atoms with Crippen LogP contribution in [0.3, 0.4) is 0 Å². The second kappa shape index (κ2) is 5.88. The molecule has 2 aromatic rings. The number of hydrogen-bond acceptors (Lipinski definition) is 5. The summed E-state index contributed by atoms with van der Waals surface area (Å²) < 4.78 is 11.4. The van der Waals surface area contributed by atoms with E-state index in [2.05, 4.69) is 9.97 Å². The van der Waals surface area contributed by atoms with Crippen LogP contribution in [0.15, 0.2) is 36.7 Å². The molecule has 3 rings (SSSR count). The second-order valence-electron chi connectivity index (χ2n) is 4.83. The number of rotatable bonds is 3. The van der Waals surface area contributed by atoms with Gasteiger partial charge in [0.2, 0.25) is 5.88 Å². The van der Waals surface area contributed by atoms with Crippen LogP contribution >= 0.6 is 0 Å². The molecule has 0 saturated carbocycles. The molecule has 0 aliphatic carbocycles. The van der Waals surface area contributed by atoms with Crippen LogP contribution in [0, 0.1) is 0 Å².